The van der Waals surface area contributed by atoms with Crippen molar-refractivity contribution in [2.75, 3.05) is 7.11 Å². The van der Waals surface area contributed by atoms with Crippen molar-refractivity contribution in [3.8, 4) is 11.5 Å². The lowest BCUT2D eigenvalue weighted by molar-refractivity contribution is -0.144. The number of benzene rings is 2. The predicted molar refractivity (Wildman–Crippen MR) is 97.2 cm³/mol. The van der Waals surface area contributed by atoms with Crippen molar-refractivity contribution >= 4 is 29.7 Å². The summed E-state index contributed by atoms with van der Waals surface area (Å²) >= 11 is 5.77. The minimum absolute atomic E-state index is 0.296. The molecule has 0 aliphatic heterocycles. The maximum atomic E-state index is 11.9. The third kappa shape index (κ3) is 5.22. The number of carbonyl (C=O) groups is 2. The maximum Gasteiger partial charge on any atom is 0.344 e. The van der Waals surface area contributed by atoms with Crippen LogP contribution in [0.2, 0.25) is 5.02 Å². The van der Waals surface area contributed by atoms with Crippen LogP contribution < -0.4 is 14.9 Å². The van der Waals surface area contributed by atoms with Gasteiger partial charge in [-0.15, -0.1) is 0 Å². The van der Waals surface area contributed by atoms with Crippen molar-refractivity contribution < 1.29 is 24.2 Å². The quantitative estimate of drug-likeness (QED) is 0.572. The van der Waals surface area contributed by atoms with E-state index in [-0.39, 0.29) is 5.91 Å². The van der Waals surface area contributed by atoms with E-state index >= 15 is 0 Å². The standard InChI is InChI=1S/C18H17ClN2O5/c1-11(18(23)24)26-15-8-3-12(9-16(15)25-2)10-20-21-17(22)13-4-6-14(19)7-5-13/h3-11H,1-2H3,(H,21,22)(H,23,24)/b20-10-/t11-/m1/s1. The van der Waals surface area contributed by atoms with Gasteiger partial charge in [-0.3, -0.25) is 4.79 Å². The van der Waals surface area contributed by atoms with Crippen LogP contribution in [0.5, 0.6) is 11.5 Å². The van der Waals surface area contributed by atoms with Gasteiger partial charge >= 0.3 is 5.97 Å². The summed E-state index contributed by atoms with van der Waals surface area (Å²) in [5, 5.41) is 13.3. The van der Waals surface area contributed by atoms with Crippen LogP contribution in [0.4, 0.5) is 0 Å². The number of methoxy groups -OCH3 is 1. The van der Waals surface area contributed by atoms with E-state index in [1.165, 1.54) is 20.2 Å². The average molecular weight is 377 g/mol. The second-order valence-electron chi connectivity index (χ2n) is 5.21. The summed E-state index contributed by atoms with van der Waals surface area (Å²) in [6.45, 7) is 1.42. The van der Waals surface area contributed by atoms with Gasteiger partial charge < -0.3 is 14.6 Å². The number of rotatable bonds is 7. The molecule has 8 heteroatoms. The normalized spacial score (nSPS) is 11.8. The van der Waals surface area contributed by atoms with E-state index in [9.17, 15) is 9.59 Å². The number of aliphatic carboxylic acids is 1. The van der Waals surface area contributed by atoms with E-state index in [0.29, 0.717) is 27.6 Å². The van der Waals surface area contributed by atoms with Crippen molar-refractivity contribution in [1.29, 1.82) is 0 Å². The summed E-state index contributed by atoms with van der Waals surface area (Å²) in [6.07, 6.45) is 0.419. The Kier molecular flexibility index (Phi) is 6.57. The number of hydrogen-bond donors (Lipinski definition) is 2. The molecule has 0 radical (unpaired) electrons. The highest BCUT2D eigenvalue weighted by Crippen LogP contribution is 2.28. The summed E-state index contributed by atoms with van der Waals surface area (Å²) < 4.78 is 10.5. The van der Waals surface area contributed by atoms with Gasteiger partial charge in [-0.25, -0.2) is 10.2 Å². The van der Waals surface area contributed by atoms with E-state index in [2.05, 4.69) is 10.5 Å². The summed E-state index contributed by atoms with van der Waals surface area (Å²) in [5.74, 6) is -0.807. The van der Waals surface area contributed by atoms with Crippen LogP contribution in [-0.2, 0) is 4.79 Å². The van der Waals surface area contributed by atoms with Crippen LogP contribution in [0.15, 0.2) is 47.6 Å². The monoisotopic (exact) mass is 376 g/mol. The van der Waals surface area contributed by atoms with Crippen LogP contribution in [-0.4, -0.2) is 36.4 Å². The van der Waals surface area contributed by atoms with Gasteiger partial charge in [0.25, 0.3) is 5.91 Å². The minimum Gasteiger partial charge on any atom is -0.493 e. The van der Waals surface area contributed by atoms with Crippen LogP contribution in [0.1, 0.15) is 22.8 Å². The zero-order valence-electron chi connectivity index (χ0n) is 14.1. The lowest BCUT2D eigenvalue weighted by Crippen LogP contribution is -2.23. The molecule has 1 amide bonds. The van der Waals surface area contributed by atoms with E-state index in [1.807, 2.05) is 0 Å². The summed E-state index contributed by atoms with van der Waals surface area (Å²) in [5.41, 5.74) is 3.46. The van der Waals surface area contributed by atoms with Gasteiger partial charge in [-0.1, -0.05) is 11.6 Å². The molecule has 0 aliphatic rings. The topological polar surface area (TPSA) is 97.2 Å². The first-order valence-corrected chi connectivity index (χ1v) is 7.95. The Hall–Kier alpha value is -3.06. The number of nitrogens with zero attached hydrogens (tertiary/aromatic N) is 1. The van der Waals surface area contributed by atoms with Gasteiger partial charge in [0.05, 0.1) is 13.3 Å². The second kappa shape index (κ2) is 8.87. The molecular formula is C18H17ClN2O5. The number of carboxylic acid groups (broad SMARTS) is 1. The number of nitrogens with one attached hydrogen (secondary N) is 1. The predicted octanol–water partition coefficient (Wildman–Crippen LogP) is 2.96. The number of halogens is 1. The third-order valence-electron chi connectivity index (χ3n) is 3.33. The Balaban J connectivity index is 2.04. The molecule has 2 aromatic rings. The van der Waals surface area contributed by atoms with E-state index < -0.39 is 12.1 Å². The van der Waals surface area contributed by atoms with Gasteiger partial charge in [0.1, 0.15) is 0 Å². The first-order valence-electron chi connectivity index (χ1n) is 7.57. The van der Waals surface area contributed by atoms with E-state index in [1.54, 1.807) is 42.5 Å². The van der Waals surface area contributed by atoms with Crippen molar-refractivity contribution in [3.63, 3.8) is 0 Å². The molecule has 0 bridgehead atoms. The summed E-state index contributed by atoms with van der Waals surface area (Å²) in [7, 11) is 1.44. The zero-order valence-corrected chi connectivity index (χ0v) is 14.9. The van der Waals surface area contributed by atoms with Crippen LogP contribution >= 0.6 is 11.6 Å². The number of carboxylic acids is 1. The van der Waals surface area contributed by atoms with Gasteiger partial charge in [0.15, 0.2) is 17.6 Å². The largest absolute Gasteiger partial charge is 0.493 e. The Morgan fingerprint density at radius 2 is 1.88 bits per heavy atom. The first kappa shape index (κ1) is 19.3. The molecule has 0 saturated carbocycles. The fraction of sp³-hybridized carbons (Fsp3) is 0.167. The Morgan fingerprint density at radius 3 is 2.50 bits per heavy atom. The van der Waals surface area contributed by atoms with E-state index in [0.717, 1.165) is 0 Å². The van der Waals surface area contributed by atoms with Crippen LogP contribution in [0.3, 0.4) is 0 Å². The lowest BCUT2D eigenvalue weighted by atomic mass is 10.2. The molecule has 0 saturated heterocycles. The highest BCUT2D eigenvalue weighted by molar-refractivity contribution is 6.30. The SMILES string of the molecule is COc1cc(/C=N\NC(=O)c2ccc(Cl)cc2)ccc1O[C@H](C)C(=O)O. The molecule has 26 heavy (non-hydrogen) atoms. The molecule has 7 nitrogen and oxygen atoms in total. The van der Waals surface area contributed by atoms with Gasteiger partial charge in [0.2, 0.25) is 0 Å². The van der Waals surface area contributed by atoms with Crippen molar-refractivity contribution in [1.82, 2.24) is 5.43 Å². The number of hydrazone groups is 1. The fourth-order valence-corrected chi connectivity index (χ4v) is 2.06. The molecule has 0 fully saturated rings. The first-order chi connectivity index (χ1) is 12.4. The fourth-order valence-electron chi connectivity index (χ4n) is 1.93. The highest BCUT2D eigenvalue weighted by atomic mass is 35.5. The molecule has 2 rings (SSSR count). The number of amides is 1. The Bertz CT molecular complexity index is 821. The molecule has 0 aliphatic carbocycles. The van der Waals surface area contributed by atoms with Gasteiger partial charge in [0, 0.05) is 10.6 Å². The Morgan fingerprint density at radius 1 is 1.19 bits per heavy atom. The molecule has 0 heterocycles. The molecule has 0 spiro atoms. The second-order valence-corrected chi connectivity index (χ2v) is 5.65. The average Bonchev–Trinajstić information content (AvgIpc) is 2.63. The summed E-state index contributed by atoms with van der Waals surface area (Å²) in [6, 6.07) is 11.2. The maximum absolute atomic E-state index is 11.9. The van der Waals surface area contributed by atoms with Gasteiger partial charge in [-0.2, -0.15) is 5.10 Å². The highest BCUT2D eigenvalue weighted by Gasteiger charge is 2.15. The third-order valence-corrected chi connectivity index (χ3v) is 3.58. The smallest absolute Gasteiger partial charge is 0.344 e. The van der Waals surface area contributed by atoms with Crippen LogP contribution in [0, 0.1) is 0 Å². The zero-order chi connectivity index (χ0) is 19.1. The van der Waals surface area contributed by atoms with E-state index in [4.69, 9.17) is 26.2 Å². The molecule has 0 unspecified atom stereocenters. The van der Waals surface area contributed by atoms with Crippen molar-refractivity contribution in [2.24, 2.45) is 5.10 Å². The molecule has 2 aromatic carbocycles. The van der Waals surface area contributed by atoms with Crippen molar-refractivity contribution in [3.05, 3.63) is 58.6 Å². The molecule has 136 valence electrons. The number of ether oxygens (including phenoxy) is 2. The molecular weight excluding hydrogens is 360 g/mol. The summed E-state index contributed by atoms with van der Waals surface area (Å²) in [4.78, 5) is 22.8. The molecule has 0 aromatic heterocycles. The Labute approximate surface area is 155 Å². The number of hydrogen-bond acceptors (Lipinski definition) is 5. The minimum atomic E-state index is -1.08. The molecule has 1 atom stereocenters. The van der Waals surface area contributed by atoms with Crippen molar-refractivity contribution in [2.45, 2.75) is 13.0 Å². The molecule has 2 N–H and O–H groups in total. The van der Waals surface area contributed by atoms with Crippen LogP contribution in [0.25, 0.3) is 0 Å². The lowest BCUT2D eigenvalue weighted by Gasteiger charge is -2.13. The van der Waals surface area contributed by atoms with Gasteiger partial charge in [-0.05, 0) is 55.0 Å². The number of carbonyl (C=O) groups excluding carboxylic acids is 1.